The summed E-state index contributed by atoms with van der Waals surface area (Å²) in [6.45, 7) is 20.2. The highest BCUT2D eigenvalue weighted by Gasteiger charge is 2.74. The zero-order valence-electron chi connectivity index (χ0n) is 28.8. The normalized spacial score (nSPS) is 26.7. The van der Waals surface area contributed by atoms with Gasteiger partial charge >= 0.3 is 0 Å². The maximum absolute atomic E-state index is 15.3. The molecule has 8 nitrogen and oxygen atoms in total. The van der Waals surface area contributed by atoms with E-state index in [2.05, 4.69) is 6.58 Å². The summed E-state index contributed by atoms with van der Waals surface area (Å²) in [7, 11) is 0. The molecule has 1 aromatic carbocycles. The molecule has 3 rings (SSSR count). The predicted octanol–water partition coefficient (Wildman–Crippen LogP) is 6.92. The first kappa shape index (κ1) is 37.0. The molecule has 0 aromatic heterocycles. The Morgan fingerprint density at radius 2 is 1.57 bits per heavy atom. The van der Waals surface area contributed by atoms with Crippen LogP contribution >= 0.6 is 0 Å². The first-order valence-corrected chi connectivity index (χ1v) is 16.0. The van der Waals surface area contributed by atoms with Gasteiger partial charge in [-0.3, -0.25) is 14.4 Å². The molecule has 0 aliphatic heterocycles. The molecule has 2 saturated carbocycles. The van der Waals surface area contributed by atoms with E-state index in [4.69, 9.17) is 0 Å². The van der Waals surface area contributed by atoms with Crippen LogP contribution in [0.2, 0.25) is 0 Å². The Balaban J connectivity index is 2.50. The zero-order valence-corrected chi connectivity index (χ0v) is 28.8. The number of carbonyl (C=O) groups excluding carboxylic acids is 3. The second-order valence-electron chi connectivity index (χ2n) is 15.2. The number of aliphatic hydroxyl groups is 3. The predicted molar refractivity (Wildman–Crippen MR) is 179 cm³/mol. The van der Waals surface area contributed by atoms with Crippen molar-refractivity contribution in [1.82, 2.24) is 0 Å². The summed E-state index contributed by atoms with van der Waals surface area (Å²) in [4.78, 5) is 45.2. The second-order valence-corrected chi connectivity index (χ2v) is 15.2. The van der Waals surface area contributed by atoms with Crippen molar-refractivity contribution < 1.29 is 39.9 Å². The fraction of sp³-hybridized carbons (Fsp3) is 0.553. The largest absolute Gasteiger partial charge is 0.506 e. The van der Waals surface area contributed by atoms with Crippen molar-refractivity contribution in [1.29, 1.82) is 0 Å². The van der Waals surface area contributed by atoms with Crippen LogP contribution in [-0.4, -0.2) is 54.6 Å². The molecule has 0 radical (unpaired) electrons. The number of benzene rings is 1. The van der Waals surface area contributed by atoms with E-state index in [9.17, 15) is 35.1 Å². The van der Waals surface area contributed by atoms with Crippen LogP contribution < -0.4 is 0 Å². The number of carbonyl (C=O) groups is 3. The molecule has 46 heavy (non-hydrogen) atoms. The lowest BCUT2D eigenvalue weighted by Crippen LogP contribution is -2.71. The molecule has 0 amide bonds. The number of aliphatic hydroxyl groups excluding tert-OH is 2. The Morgan fingerprint density at radius 3 is 2.07 bits per heavy atom. The molecule has 2 bridgehead atoms. The number of hydrogen-bond donors (Lipinski definition) is 5. The highest BCUT2D eigenvalue weighted by Crippen LogP contribution is 2.66. The topological polar surface area (TPSA) is 152 Å². The second kappa shape index (κ2) is 13.0. The Hall–Kier alpha value is -3.49. The van der Waals surface area contributed by atoms with Gasteiger partial charge in [-0.15, -0.1) is 0 Å². The molecule has 5 N–H and O–H groups in total. The Labute approximate surface area is 273 Å². The number of hydrogen-bond acceptors (Lipinski definition) is 8. The summed E-state index contributed by atoms with van der Waals surface area (Å²) >= 11 is 0. The smallest absolute Gasteiger partial charge is 0.184 e. The molecule has 0 heterocycles. The third-order valence-corrected chi connectivity index (χ3v) is 10.5. The molecule has 252 valence electrons. The van der Waals surface area contributed by atoms with E-state index in [1.165, 1.54) is 19.9 Å². The number of rotatable bonds is 11. The fourth-order valence-electron chi connectivity index (χ4n) is 7.27. The fourth-order valence-corrected chi connectivity index (χ4v) is 7.27. The van der Waals surface area contributed by atoms with Gasteiger partial charge in [0, 0.05) is 5.56 Å². The minimum Gasteiger partial charge on any atom is -0.506 e. The van der Waals surface area contributed by atoms with Crippen molar-refractivity contribution in [3.8, 4) is 11.5 Å². The van der Waals surface area contributed by atoms with Crippen molar-refractivity contribution >= 4 is 23.1 Å². The molecular formula is C38H52O8. The highest BCUT2D eigenvalue weighted by atomic mass is 16.3. The average molecular weight is 637 g/mol. The van der Waals surface area contributed by atoms with E-state index in [0.717, 1.165) is 28.9 Å². The van der Waals surface area contributed by atoms with Crippen LogP contribution in [0.5, 0.6) is 11.5 Å². The molecule has 2 fully saturated rings. The van der Waals surface area contributed by atoms with E-state index in [-0.39, 0.29) is 30.2 Å². The van der Waals surface area contributed by atoms with Gasteiger partial charge in [0.15, 0.2) is 28.8 Å². The summed E-state index contributed by atoms with van der Waals surface area (Å²) in [6.07, 6.45) is 3.15. The van der Waals surface area contributed by atoms with Crippen LogP contribution in [0.15, 0.2) is 59.2 Å². The van der Waals surface area contributed by atoms with E-state index >= 15 is 4.79 Å². The molecule has 2 aliphatic rings. The van der Waals surface area contributed by atoms with Gasteiger partial charge < -0.3 is 25.5 Å². The number of allylic oxidation sites excluding steroid dienone is 6. The zero-order chi connectivity index (χ0) is 35.2. The van der Waals surface area contributed by atoms with E-state index in [1.54, 1.807) is 13.8 Å². The van der Waals surface area contributed by atoms with Gasteiger partial charge in [0.25, 0.3) is 0 Å². The van der Waals surface area contributed by atoms with Crippen molar-refractivity contribution in [2.24, 2.45) is 28.1 Å². The van der Waals surface area contributed by atoms with E-state index in [1.807, 2.05) is 46.8 Å². The number of phenolic OH excluding ortho intramolecular Hbond substituents is 2. The first-order valence-electron chi connectivity index (χ1n) is 16.0. The van der Waals surface area contributed by atoms with Crippen molar-refractivity contribution in [2.45, 2.75) is 106 Å². The minimum atomic E-state index is -2.00. The number of Topliss-reactive ketones (excluding diaryl/α,β-unsaturated/α-hetero) is 3. The monoisotopic (exact) mass is 636 g/mol. The minimum absolute atomic E-state index is 0.0381. The van der Waals surface area contributed by atoms with Gasteiger partial charge in [-0.2, -0.15) is 0 Å². The van der Waals surface area contributed by atoms with E-state index < -0.39 is 74.6 Å². The van der Waals surface area contributed by atoms with Crippen LogP contribution in [-0.2, 0) is 14.4 Å². The first-order chi connectivity index (χ1) is 21.0. The van der Waals surface area contributed by atoms with Crippen molar-refractivity contribution in [2.75, 3.05) is 0 Å². The van der Waals surface area contributed by atoms with Gasteiger partial charge in [-0.05, 0) is 116 Å². The average Bonchev–Trinajstić information content (AvgIpc) is 2.93. The Morgan fingerprint density at radius 1 is 0.978 bits per heavy atom. The van der Waals surface area contributed by atoms with Gasteiger partial charge in [-0.1, -0.05) is 49.3 Å². The van der Waals surface area contributed by atoms with Crippen molar-refractivity contribution in [3.63, 3.8) is 0 Å². The standard InChI is InChI=1S/C38H52O8/c1-21(2)11-13-25(23(5)6)18-37-19-26(15-12-22(3)4)35(7,8)38(34(37)45,20-29(41)36(9,10)46)33(44)30(32(37)43)31(42)24-14-16-27(39)28(40)17-24/h11-12,14,16-17,25-26,29,39-42,46H,5,13,15,18-20H2,1-4,6-10H3/t25-,26-,29+,37-,38+/m1/s1. The van der Waals surface area contributed by atoms with E-state index in [0.29, 0.717) is 12.8 Å². The van der Waals surface area contributed by atoms with Gasteiger partial charge in [0.2, 0.25) is 0 Å². The molecule has 0 unspecified atom stereocenters. The highest BCUT2D eigenvalue weighted by molar-refractivity contribution is 6.41. The molecule has 2 aliphatic carbocycles. The lowest BCUT2D eigenvalue weighted by atomic mass is 9.38. The summed E-state index contributed by atoms with van der Waals surface area (Å²) in [5.41, 5.74) is -4.41. The number of aromatic hydroxyl groups is 2. The lowest BCUT2D eigenvalue weighted by molar-refractivity contribution is -0.185. The number of ketones is 3. The third kappa shape index (κ3) is 6.39. The van der Waals surface area contributed by atoms with Crippen LogP contribution in [0.1, 0.15) is 100.0 Å². The Bertz CT molecular complexity index is 1510. The number of phenols is 2. The van der Waals surface area contributed by atoms with Gasteiger partial charge in [-0.25, -0.2) is 0 Å². The van der Waals surface area contributed by atoms with Crippen LogP contribution in [0.25, 0.3) is 5.76 Å². The third-order valence-electron chi connectivity index (χ3n) is 10.5. The summed E-state index contributed by atoms with van der Waals surface area (Å²) in [5.74, 6) is -4.76. The maximum Gasteiger partial charge on any atom is 0.184 e. The van der Waals surface area contributed by atoms with Crippen LogP contribution in [0.4, 0.5) is 0 Å². The summed E-state index contributed by atoms with van der Waals surface area (Å²) in [6, 6.07) is 3.44. The molecule has 0 saturated heterocycles. The molecule has 8 heteroatoms. The van der Waals surface area contributed by atoms with Gasteiger partial charge in [0.05, 0.1) is 17.1 Å². The van der Waals surface area contributed by atoms with Crippen molar-refractivity contribution in [3.05, 3.63) is 64.8 Å². The maximum atomic E-state index is 15.3. The lowest BCUT2D eigenvalue weighted by Gasteiger charge is -2.61. The van der Waals surface area contributed by atoms with Crippen LogP contribution in [0.3, 0.4) is 0 Å². The van der Waals surface area contributed by atoms with Gasteiger partial charge in [0.1, 0.15) is 16.7 Å². The quantitative estimate of drug-likeness (QED) is 0.0438. The summed E-state index contributed by atoms with van der Waals surface area (Å²) in [5, 5.41) is 54.0. The SMILES string of the molecule is C=C(C)[C@H](CC=C(C)C)C[C@@]12C[C@@H](CC=C(C)C)C(C)(C)[C@@](C[C@H](O)C(C)(C)O)(C(=O)C(=C(O)c3ccc(O)c(O)c3)C1=O)C2=O. The molecular weight excluding hydrogens is 584 g/mol. The van der Waals surface area contributed by atoms with Crippen LogP contribution in [0, 0.1) is 28.1 Å². The molecule has 5 atom stereocenters. The Kier molecular flexibility index (Phi) is 10.4. The molecule has 0 spiro atoms. The summed E-state index contributed by atoms with van der Waals surface area (Å²) < 4.78 is 0. The molecule has 1 aromatic rings. The number of fused-ring (bicyclic) bond motifs is 2.